The second-order valence-corrected chi connectivity index (χ2v) is 13.0. The van der Waals surface area contributed by atoms with Crippen molar-refractivity contribution in [1.82, 2.24) is 0 Å². The van der Waals surface area contributed by atoms with Gasteiger partial charge in [0.15, 0.2) is 0 Å². The van der Waals surface area contributed by atoms with Crippen molar-refractivity contribution in [2.45, 2.75) is 193 Å². The quantitative estimate of drug-likeness (QED) is 0.0419. The largest absolute Gasteiger partial charge is 0.457 e. The lowest BCUT2D eigenvalue weighted by Gasteiger charge is -2.15. The Kier molecular flexibility index (Phi) is 38.1. The molecule has 1 atom stereocenters. The Labute approximate surface area is 286 Å². The van der Waals surface area contributed by atoms with Crippen molar-refractivity contribution >= 4 is 5.97 Å². The molecule has 0 aromatic rings. The number of aliphatic hydroxyl groups excluding tert-OH is 1. The Morgan fingerprint density at radius 2 is 0.978 bits per heavy atom. The van der Waals surface area contributed by atoms with Gasteiger partial charge in [-0.1, -0.05) is 159 Å². The van der Waals surface area contributed by atoms with Crippen molar-refractivity contribution in [3.63, 3.8) is 0 Å². The number of hydrogen-bond acceptors (Lipinski definition) is 4. The molecular formula is C42H76O4. The summed E-state index contributed by atoms with van der Waals surface area (Å²) in [5.41, 5.74) is 0. The van der Waals surface area contributed by atoms with E-state index >= 15 is 0 Å². The lowest BCUT2D eigenvalue weighted by Crippen LogP contribution is -2.27. The van der Waals surface area contributed by atoms with Crippen molar-refractivity contribution < 1.29 is 19.4 Å². The second-order valence-electron chi connectivity index (χ2n) is 13.0. The lowest BCUT2D eigenvalue weighted by atomic mass is 10.1. The minimum Gasteiger partial charge on any atom is -0.457 e. The topological polar surface area (TPSA) is 55.8 Å². The Balaban J connectivity index is 3.47. The molecule has 46 heavy (non-hydrogen) atoms. The molecule has 0 aliphatic heterocycles. The molecule has 0 aliphatic rings. The molecule has 1 unspecified atom stereocenters. The lowest BCUT2D eigenvalue weighted by molar-refractivity contribution is -0.154. The summed E-state index contributed by atoms with van der Waals surface area (Å²) < 4.78 is 11.1. The van der Waals surface area contributed by atoms with Crippen molar-refractivity contribution in [3.8, 4) is 0 Å². The van der Waals surface area contributed by atoms with Crippen LogP contribution in [0, 0.1) is 0 Å². The number of aliphatic hydroxyl groups is 1. The maximum atomic E-state index is 12.2. The summed E-state index contributed by atoms with van der Waals surface area (Å²) in [5, 5.41) is 9.58. The van der Waals surface area contributed by atoms with Crippen LogP contribution < -0.4 is 0 Å². The van der Waals surface area contributed by atoms with Gasteiger partial charge in [0.05, 0.1) is 13.2 Å². The van der Waals surface area contributed by atoms with Crippen LogP contribution in [0.1, 0.15) is 187 Å². The molecule has 4 heteroatoms. The van der Waals surface area contributed by atoms with E-state index in [-0.39, 0.29) is 19.2 Å². The Hall–Kier alpha value is -1.65. The van der Waals surface area contributed by atoms with Gasteiger partial charge in [-0.2, -0.15) is 0 Å². The van der Waals surface area contributed by atoms with Crippen molar-refractivity contribution in [2.24, 2.45) is 0 Å². The first-order chi connectivity index (χ1) is 22.7. The monoisotopic (exact) mass is 645 g/mol. The number of allylic oxidation sites excluding steroid dienone is 8. The van der Waals surface area contributed by atoms with Gasteiger partial charge < -0.3 is 14.6 Å². The summed E-state index contributed by atoms with van der Waals surface area (Å²) in [6.45, 7) is 5.21. The Morgan fingerprint density at radius 3 is 1.50 bits per heavy atom. The summed E-state index contributed by atoms with van der Waals surface area (Å²) in [4.78, 5) is 12.2. The van der Waals surface area contributed by atoms with Crippen LogP contribution in [0.5, 0.6) is 0 Å². The maximum absolute atomic E-state index is 12.2. The summed E-state index contributed by atoms with van der Waals surface area (Å²) in [5.74, 6) is -0.214. The van der Waals surface area contributed by atoms with Crippen LogP contribution >= 0.6 is 0 Å². The van der Waals surface area contributed by atoms with E-state index in [1.807, 2.05) is 0 Å². The molecule has 0 saturated heterocycles. The molecule has 4 nitrogen and oxygen atoms in total. The van der Waals surface area contributed by atoms with Crippen LogP contribution in [0.4, 0.5) is 0 Å². The van der Waals surface area contributed by atoms with Gasteiger partial charge in [0, 0.05) is 13.0 Å². The molecule has 0 aromatic heterocycles. The van der Waals surface area contributed by atoms with E-state index in [0.717, 1.165) is 38.5 Å². The van der Waals surface area contributed by atoms with Gasteiger partial charge in [-0.3, -0.25) is 4.79 Å². The first kappa shape index (κ1) is 44.4. The number of carbonyl (C=O) groups excluding carboxylic acids is 1. The molecule has 0 aliphatic carbocycles. The molecule has 0 fully saturated rings. The first-order valence-corrected chi connectivity index (χ1v) is 19.7. The molecule has 0 bridgehead atoms. The zero-order valence-corrected chi connectivity index (χ0v) is 30.6. The van der Waals surface area contributed by atoms with Crippen LogP contribution in [-0.2, 0) is 14.3 Å². The Bertz CT molecular complexity index is 723. The average molecular weight is 645 g/mol. The van der Waals surface area contributed by atoms with Gasteiger partial charge in [-0.05, 0) is 70.6 Å². The van der Waals surface area contributed by atoms with E-state index in [1.165, 1.54) is 128 Å². The molecule has 0 radical (unpaired) electrons. The maximum Gasteiger partial charge on any atom is 0.306 e. The zero-order valence-electron chi connectivity index (χ0n) is 30.6. The number of ether oxygens (including phenoxy) is 2. The number of rotatable bonds is 36. The standard InChI is InChI=1S/C42H76O4/c1-3-5-7-9-11-13-15-17-19-21-23-25-27-29-31-33-35-37-42(44)46-41(39-43)40-45-38-36-34-32-30-28-26-24-22-20-18-16-14-12-10-8-6-4-2/h5,7,11,13,17,19-20,22,41,43H,3-4,6,8-10,12,14-16,18,21,23-40H2,1-2H3/b7-5-,13-11-,19-17-,22-20-. The fourth-order valence-electron chi connectivity index (χ4n) is 5.45. The number of unbranched alkanes of at least 4 members (excludes halogenated alkanes) is 20. The summed E-state index contributed by atoms with van der Waals surface area (Å²) in [6.07, 6.45) is 50.1. The van der Waals surface area contributed by atoms with Gasteiger partial charge in [-0.25, -0.2) is 0 Å². The molecule has 0 spiro atoms. The summed E-state index contributed by atoms with van der Waals surface area (Å²) in [6, 6.07) is 0. The minimum atomic E-state index is -0.542. The van der Waals surface area contributed by atoms with E-state index in [9.17, 15) is 9.90 Å². The van der Waals surface area contributed by atoms with Crippen LogP contribution in [-0.4, -0.2) is 37.0 Å². The van der Waals surface area contributed by atoms with Gasteiger partial charge in [0.25, 0.3) is 0 Å². The third-order valence-electron chi connectivity index (χ3n) is 8.39. The molecule has 0 rings (SSSR count). The van der Waals surface area contributed by atoms with Crippen LogP contribution in [0.3, 0.4) is 0 Å². The normalized spacial score (nSPS) is 12.8. The van der Waals surface area contributed by atoms with E-state index < -0.39 is 6.10 Å². The molecule has 1 N–H and O–H groups in total. The fraction of sp³-hybridized carbons (Fsp3) is 0.786. The Morgan fingerprint density at radius 1 is 0.543 bits per heavy atom. The fourth-order valence-corrected chi connectivity index (χ4v) is 5.45. The predicted octanol–water partition coefficient (Wildman–Crippen LogP) is 12.7. The van der Waals surface area contributed by atoms with E-state index in [4.69, 9.17) is 9.47 Å². The summed E-state index contributed by atoms with van der Waals surface area (Å²) >= 11 is 0. The third-order valence-corrected chi connectivity index (χ3v) is 8.39. The SMILES string of the molecule is CC/C=C\C/C=C\C/C=C\CCCCCCCCCC(=O)OC(CO)COCCCCCCCC/C=C\CCCCCCCCC. The number of carbonyl (C=O) groups is 1. The highest BCUT2D eigenvalue weighted by molar-refractivity contribution is 5.69. The highest BCUT2D eigenvalue weighted by Gasteiger charge is 2.13. The number of hydrogen-bond donors (Lipinski definition) is 1. The van der Waals surface area contributed by atoms with Gasteiger partial charge in [-0.15, -0.1) is 0 Å². The summed E-state index contributed by atoms with van der Waals surface area (Å²) in [7, 11) is 0. The van der Waals surface area contributed by atoms with E-state index in [2.05, 4.69) is 62.5 Å². The van der Waals surface area contributed by atoms with Crippen LogP contribution in [0.15, 0.2) is 48.6 Å². The van der Waals surface area contributed by atoms with Crippen LogP contribution in [0.25, 0.3) is 0 Å². The van der Waals surface area contributed by atoms with Gasteiger partial charge in [0.2, 0.25) is 0 Å². The minimum absolute atomic E-state index is 0.179. The number of esters is 1. The highest BCUT2D eigenvalue weighted by Crippen LogP contribution is 2.13. The zero-order chi connectivity index (χ0) is 33.4. The van der Waals surface area contributed by atoms with E-state index in [0.29, 0.717) is 13.0 Å². The highest BCUT2D eigenvalue weighted by atomic mass is 16.6. The molecular weight excluding hydrogens is 568 g/mol. The van der Waals surface area contributed by atoms with Crippen molar-refractivity contribution in [2.75, 3.05) is 19.8 Å². The first-order valence-electron chi connectivity index (χ1n) is 19.7. The molecule has 0 amide bonds. The average Bonchev–Trinajstić information content (AvgIpc) is 3.06. The molecule has 0 aromatic carbocycles. The van der Waals surface area contributed by atoms with Gasteiger partial charge in [0.1, 0.15) is 6.10 Å². The van der Waals surface area contributed by atoms with Crippen molar-refractivity contribution in [1.29, 1.82) is 0 Å². The second kappa shape index (κ2) is 39.5. The predicted molar refractivity (Wildman–Crippen MR) is 200 cm³/mol. The van der Waals surface area contributed by atoms with Gasteiger partial charge >= 0.3 is 5.97 Å². The molecule has 268 valence electrons. The van der Waals surface area contributed by atoms with Crippen LogP contribution in [0.2, 0.25) is 0 Å². The molecule has 0 heterocycles. The third kappa shape index (κ3) is 36.8. The smallest absolute Gasteiger partial charge is 0.306 e. The molecule has 0 saturated carbocycles. The van der Waals surface area contributed by atoms with E-state index in [1.54, 1.807) is 0 Å². The van der Waals surface area contributed by atoms with Crippen molar-refractivity contribution in [3.05, 3.63) is 48.6 Å².